The van der Waals surface area contributed by atoms with Crippen LogP contribution >= 0.6 is 11.6 Å². The zero-order chi connectivity index (χ0) is 16.4. The minimum absolute atomic E-state index is 0.00366. The van der Waals surface area contributed by atoms with E-state index in [9.17, 15) is 4.79 Å². The molecule has 2 aromatic carbocycles. The summed E-state index contributed by atoms with van der Waals surface area (Å²) in [6.07, 6.45) is 0.587. The van der Waals surface area contributed by atoms with Crippen LogP contribution in [-0.2, 0) is 11.2 Å². The highest BCUT2D eigenvalue weighted by Gasteiger charge is 2.30. The Hall–Kier alpha value is -2.20. The van der Waals surface area contributed by atoms with Crippen LogP contribution in [0.25, 0.3) is 0 Å². The molecule has 0 fully saturated rings. The molecule has 2 aromatic rings. The molecular formula is C18H18ClNO3. The zero-order valence-corrected chi connectivity index (χ0v) is 13.8. The Labute approximate surface area is 140 Å². The number of nitrogens with one attached hydrogen (secondary N) is 1. The molecule has 1 aliphatic heterocycles. The maximum atomic E-state index is 12.3. The molecule has 0 saturated heterocycles. The van der Waals surface area contributed by atoms with Crippen LogP contribution < -0.4 is 14.8 Å². The quantitative estimate of drug-likeness (QED) is 0.900. The maximum Gasteiger partial charge on any atom is 0.232 e. The molecule has 1 N–H and O–H groups in total. The number of amides is 1. The third kappa shape index (κ3) is 3.13. The highest BCUT2D eigenvalue weighted by atomic mass is 35.5. The first-order valence-corrected chi connectivity index (χ1v) is 7.90. The summed E-state index contributed by atoms with van der Waals surface area (Å²) in [5.41, 5.74) is 2.79. The lowest BCUT2D eigenvalue weighted by Gasteiger charge is -2.13. The van der Waals surface area contributed by atoms with E-state index in [1.54, 1.807) is 13.2 Å². The van der Waals surface area contributed by atoms with Gasteiger partial charge in [0.1, 0.15) is 0 Å². The molecule has 0 radical (unpaired) electrons. The Bertz CT molecular complexity index is 745. The Morgan fingerprint density at radius 1 is 1.17 bits per heavy atom. The van der Waals surface area contributed by atoms with Crippen LogP contribution in [0.5, 0.6) is 11.5 Å². The van der Waals surface area contributed by atoms with E-state index in [1.165, 1.54) is 0 Å². The number of ether oxygens (including phenoxy) is 2. The monoisotopic (exact) mass is 331 g/mol. The molecule has 0 aliphatic carbocycles. The third-order valence-corrected chi connectivity index (χ3v) is 4.17. The molecule has 1 atom stereocenters. The number of methoxy groups -OCH3 is 1. The third-order valence-electron chi connectivity index (χ3n) is 3.93. The highest BCUT2D eigenvalue weighted by molar-refractivity contribution is 6.31. The Morgan fingerprint density at radius 3 is 2.74 bits per heavy atom. The summed E-state index contributed by atoms with van der Waals surface area (Å²) in [6.45, 7) is 2.48. The highest BCUT2D eigenvalue weighted by Crippen LogP contribution is 2.37. The number of hydrogen-bond acceptors (Lipinski definition) is 3. The van der Waals surface area contributed by atoms with Gasteiger partial charge >= 0.3 is 0 Å². The number of benzene rings is 2. The van der Waals surface area contributed by atoms with Gasteiger partial charge in [0.15, 0.2) is 11.5 Å². The van der Waals surface area contributed by atoms with Crippen molar-refractivity contribution in [3.63, 3.8) is 0 Å². The number of carbonyl (C=O) groups is 1. The van der Waals surface area contributed by atoms with Crippen molar-refractivity contribution >= 4 is 23.2 Å². The molecular weight excluding hydrogens is 314 g/mol. The molecule has 0 unspecified atom stereocenters. The van der Waals surface area contributed by atoms with Gasteiger partial charge in [0.25, 0.3) is 0 Å². The van der Waals surface area contributed by atoms with Gasteiger partial charge < -0.3 is 14.8 Å². The average Bonchev–Trinajstić information content (AvgIpc) is 2.84. The minimum atomic E-state index is -0.244. The number of anilines is 1. The van der Waals surface area contributed by atoms with Gasteiger partial charge in [0, 0.05) is 10.7 Å². The fourth-order valence-corrected chi connectivity index (χ4v) is 3.03. The van der Waals surface area contributed by atoms with Crippen LogP contribution in [0.15, 0.2) is 36.4 Å². The lowest BCUT2D eigenvalue weighted by molar-refractivity contribution is -0.117. The first kappa shape index (κ1) is 15.7. The van der Waals surface area contributed by atoms with E-state index < -0.39 is 0 Å². The van der Waals surface area contributed by atoms with Crippen LogP contribution in [0.2, 0.25) is 5.02 Å². The van der Waals surface area contributed by atoms with E-state index in [0.29, 0.717) is 29.5 Å². The Kier molecular flexibility index (Phi) is 4.44. The molecule has 0 spiro atoms. The number of fused-ring (bicyclic) bond motifs is 1. The summed E-state index contributed by atoms with van der Waals surface area (Å²) in [7, 11) is 1.61. The van der Waals surface area contributed by atoms with Gasteiger partial charge in [-0.2, -0.15) is 0 Å². The number of rotatable bonds is 5. The van der Waals surface area contributed by atoms with E-state index in [1.807, 2.05) is 37.3 Å². The van der Waals surface area contributed by atoms with Crippen LogP contribution in [0, 0.1) is 0 Å². The summed E-state index contributed by atoms with van der Waals surface area (Å²) in [5, 5.41) is 3.54. The first-order valence-electron chi connectivity index (χ1n) is 7.52. The molecule has 1 aliphatic rings. The Morgan fingerprint density at radius 2 is 2.00 bits per heavy atom. The summed E-state index contributed by atoms with van der Waals surface area (Å²) >= 11 is 6.07. The van der Waals surface area contributed by atoms with Crippen LogP contribution in [0.1, 0.15) is 24.0 Å². The predicted octanol–water partition coefficient (Wildman–Crippen LogP) is 4.03. The standard InChI is InChI=1S/C18H18ClNO3/c1-3-23-17-9-11(4-7-16(17)22-2)8-14-13-10-12(19)5-6-15(13)20-18(14)21/h4-7,9-10,14H,3,8H2,1-2H3,(H,20,21)/t14-/m0/s1. The van der Waals surface area contributed by atoms with Crippen molar-refractivity contribution < 1.29 is 14.3 Å². The number of hydrogen-bond donors (Lipinski definition) is 1. The first-order chi connectivity index (χ1) is 11.1. The smallest absolute Gasteiger partial charge is 0.232 e. The van der Waals surface area contributed by atoms with Gasteiger partial charge in [-0.3, -0.25) is 4.79 Å². The largest absolute Gasteiger partial charge is 0.493 e. The molecule has 0 aromatic heterocycles. The second kappa shape index (κ2) is 6.50. The SMILES string of the molecule is CCOc1cc(C[C@@H]2C(=O)Nc3ccc(Cl)cc32)ccc1OC. The molecule has 4 nitrogen and oxygen atoms in total. The normalized spacial score (nSPS) is 16.0. The number of halogens is 1. The second-order valence-electron chi connectivity index (χ2n) is 5.40. The molecule has 3 rings (SSSR count). The summed E-state index contributed by atoms with van der Waals surface area (Å²) in [5.74, 6) is 1.13. The van der Waals surface area contributed by atoms with Gasteiger partial charge in [-0.15, -0.1) is 0 Å². The second-order valence-corrected chi connectivity index (χ2v) is 5.83. The van der Waals surface area contributed by atoms with Gasteiger partial charge in [0.2, 0.25) is 5.91 Å². The molecule has 1 heterocycles. The average molecular weight is 332 g/mol. The lowest BCUT2D eigenvalue weighted by atomic mass is 9.93. The van der Waals surface area contributed by atoms with E-state index >= 15 is 0 Å². The van der Waals surface area contributed by atoms with Crippen LogP contribution in [-0.4, -0.2) is 19.6 Å². The van der Waals surface area contributed by atoms with E-state index in [0.717, 1.165) is 16.8 Å². The molecule has 0 saturated carbocycles. The van der Waals surface area contributed by atoms with Gasteiger partial charge in [-0.25, -0.2) is 0 Å². The molecule has 1 amide bonds. The van der Waals surface area contributed by atoms with Crippen molar-refractivity contribution in [1.82, 2.24) is 0 Å². The number of carbonyl (C=O) groups excluding carboxylic acids is 1. The van der Waals surface area contributed by atoms with Crippen LogP contribution in [0.3, 0.4) is 0 Å². The van der Waals surface area contributed by atoms with E-state index in [2.05, 4.69) is 5.32 Å². The van der Waals surface area contributed by atoms with Crippen LogP contribution in [0.4, 0.5) is 5.69 Å². The van der Waals surface area contributed by atoms with Crippen molar-refractivity contribution in [1.29, 1.82) is 0 Å². The fraction of sp³-hybridized carbons (Fsp3) is 0.278. The summed E-state index contributed by atoms with van der Waals surface area (Å²) in [4.78, 5) is 12.3. The van der Waals surface area contributed by atoms with Crippen molar-refractivity contribution in [2.24, 2.45) is 0 Å². The lowest BCUT2D eigenvalue weighted by Crippen LogP contribution is -2.14. The van der Waals surface area contributed by atoms with E-state index in [-0.39, 0.29) is 11.8 Å². The molecule has 5 heteroatoms. The van der Waals surface area contributed by atoms with Gasteiger partial charge in [-0.1, -0.05) is 17.7 Å². The zero-order valence-electron chi connectivity index (χ0n) is 13.1. The van der Waals surface area contributed by atoms with Gasteiger partial charge in [-0.05, 0) is 54.8 Å². The van der Waals surface area contributed by atoms with E-state index in [4.69, 9.17) is 21.1 Å². The van der Waals surface area contributed by atoms with Gasteiger partial charge in [0.05, 0.1) is 19.6 Å². The molecule has 0 bridgehead atoms. The maximum absolute atomic E-state index is 12.3. The van der Waals surface area contributed by atoms with Crippen molar-refractivity contribution in [2.75, 3.05) is 19.0 Å². The molecule has 120 valence electrons. The van der Waals surface area contributed by atoms with Crippen molar-refractivity contribution in [3.8, 4) is 11.5 Å². The topological polar surface area (TPSA) is 47.6 Å². The predicted molar refractivity (Wildman–Crippen MR) is 90.7 cm³/mol. The minimum Gasteiger partial charge on any atom is -0.493 e. The summed E-state index contributed by atoms with van der Waals surface area (Å²) in [6, 6.07) is 11.2. The van der Waals surface area contributed by atoms with Crippen molar-refractivity contribution in [3.05, 3.63) is 52.5 Å². The Balaban J connectivity index is 1.89. The summed E-state index contributed by atoms with van der Waals surface area (Å²) < 4.78 is 10.9. The van der Waals surface area contributed by atoms with Crippen molar-refractivity contribution in [2.45, 2.75) is 19.3 Å². The molecule has 23 heavy (non-hydrogen) atoms. The fourth-order valence-electron chi connectivity index (χ4n) is 2.85.